The van der Waals surface area contributed by atoms with Crippen molar-refractivity contribution in [3.8, 4) is 0 Å². The topological polar surface area (TPSA) is 32.8 Å². The third-order valence-electron chi connectivity index (χ3n) is 4.94. The van der Waals surface area contributed by atoms with Crippen LogP contribution in [0.1, 0.15) is 25.8 Å². The molecule has 0 saturated carbocycles. The standard InChI is InChI=1S/C17H24N2O2/c1-3-21-17(20)19-12-16-15(13(19)2)9-10-18(16)11-14-7-5-4-6-8-14/h4-8,13,15-16H,3,9-12H2,1-2H3/t13-,15-,16+/m1/s1. The van der Waals surface area contributed by atoms with Crippen LogP contribution in [0, 0.1) is 5.92 Å². The van der Waals surface area contributed by atoms with E-state index in [-0.39, 0.29) is 12.1 Å². The molecule has 0 radical (unpaired) electrons. The number of nitrogens with zero attached hydrogens (tertiary/aromatic N) is 2. The van der Waals surface area contributed by atoms with Gasteiger partial charge in [-0.05, 0) is 38.3 Å². The van der Waals surface area contributed by atoms with Gasteiger partial charge in [-0.3, -0.25) is 4.90 Å². The zero-order chi connectivity index (χ0) is 14.8. The highest BCUT2D eigenvalue weighted by Crippen LogP contribution is 2.37. The highest BCUT2D eigenvalue weighted by molar-refractivity contribution is 5.68. The Morgan fingerprint density at radius 2 is 2.10 bits per heavy atom. The van der Waals surface area contributed by atoms with Gasteiger partial charge in [0.2, 0.25) is 0 Å². The smallest absolute Gasteiger partial charge is 0.410 e. The van der Waals surface area contributed by atoms with Gasteiger partial charge >= 0.3 is 6.09 Å². The second-order valence-electron chi connectivity index (χ2n) is 6.07. The van der Waals surface area contributed by atoms with Crippen molar-refractivity contribution in [3.63, 3.8) is 0 Å². The van der Waals surface area contributed by atoms with Gasteiger partial charge in [-0.15, -0.1) is 0 Å². The van der Waals surface area contributed by atoms with Crippen molar-refractivity contribution in [2.45, 2.75) is 38.9 Å². The summed E-state index contributed by atoms with van der Waals surface area (Å²) < 4.78 is 5.18. The van der Waals surface area contributed by atoms with Crippen molar-refractivity contribution in [1.82, 2.24) is 9.80 Å². The predicted molar refractivity (Wildman–Crippen MR) is 81.9 cm³/mol. The quantitative estimate of drug-likeness (QED) is 0.857. The van der Waals surface area contributed by atoms with Crippen molar-refractivity contribution in [1.29, 1.82) is 0 Å². The van der Waals surface area contributed by atoms with Crippen LogP contribution in [0.15, 0.2) is 30.3 Å². The number of amides is 1. The van der Waals surface area contributed by atoms with E-state index < -0.39 is 0 Å². The van der Waals surface area contributed by atoms with Crippen LogP contribution in [0.3, 0.4) is 0 Å². The fourth-order valence-electron chi connectivity index (χ4n) is 3.82. The molecule has 4 heteroatoms. The van der Waals surface area contributed by atoms with Gasteiger partial charge in [0, 0.05) is 25.2 Å². The van der Waals surface area contributed by atoms with Gasteiger partial charge < -0.3 is 9.64 Å². The van der Waals surface area contributed by atoms with Crippen molar-refractivity contribution < 1.29 is 9.53 Å². The molecule has 2 heterocycles. The predicted octanol–water partition coefficient (Wildman–Crippen LogP) is 2.74. The average Bonchev–Trinajstić information content (AvgIpc) is 3.02. The minimum absolute atomic E-state index is 0.154. The summed E-state index contributed by atoms with van der Waals surface area (Å²) in [5.41, 5.74) is 1.35. The summed E-state index contributed by atoms with van der Waals surface area (Å²) >= 11 is 0. The van der Waals surface area contributed by atoms with E-state index in [4.69, 9.17) is 4.74 Å². The van der Waals surface area contributed by atoms with E-state index in [0.717, 1.165) is 19.6 Å². The normalized spacial score (nSPS) is 28.7. The molecule has 0 aliphatic carbocycles. The molecule has 0 unspecified atom stereocenters. The first-order chi connectivity index (χ1) is 10.2. The molecule has 2 aliphatic rings. The number of hydrogen-bond acceptors (Lipinski definition) is 3. The third-order valence-corrected chi connectivity index (χ3v) is 4.94. The van der Waals surface area contributed by atoms with Crippen LogP contribution in [0.2, 0.25) is 0 Å². The van der Waals surface area contributed by atoms with Crippen LogP contribution in [0.4, 0.5) is 4.79 Å². The highest BCUT2D eigenvalue weighted by Gasteiger charge is 2.47. The van der Waals surface area contributed by atoms with E-state index in [1.807, 2.05) is 11.8 Å². The molecule has 2 saturated heterocycles. The molecular weight excluding hydrogens is 264 g/mol. The number of likely N-dealkylation sites (tertiary alicyclic amines) is 2. The lowest BCUT2D eigenvalue weighted by Gasteiger charge is -2.25. The van der Waals surface area contributed by atoms with Crippen LogP contribution >= 0.6 is 0 Å². The first kappa shape index (κ1) is 14.4. The van der Waals surface area contributed by atoms with Gasteiger partial charge in [0.25, 0.3) is 0 Å². The third kappa shape index (κ3) is 2.77. The van der Waals surface area contributed by atoms with Gasteiger partial charge in [0.05, 0.1) is 6.61 Å². The first-order valence-electron chi connectivity index (χ1n) is 7.92. The van der Waals surface area contributed by atoms with Gasteiger partial charge in [-0.25, -0.2) is 4.79 Å². The molecule has 4 nitrogen and oxygen atoms in total. The van der Waals surface area contributed by atoms with E-state index in [0.29, 0.717) is 18.6 Å². The zero-order valence-corrected chi connectivity index (χ0v) is 12.9. The van der Waals surface area contributed by atoms with Gasteiger partial charge in [-0.2, -0.15) is 0 Å². The second-order valence-corrected chi connectivity index (χ2v) is 6.07. The summed E-state index contributed by atoms with van der Waals surface area (Å²) in [5.74, 6) is 0.582. The van der Waals surface area contributed by atoms with E-state index >= 15 is 0 Å². The summed E-state index contributed by atoms with van der Waals surface area (Å²) in [6.45, 7) is 7.38. The van der Waals surface area contributed by atoms with Crippen molar-refractivity contribution in [3.05, 3.63) is 35.9 Å². The SMILES string of the molecule is CCOC(=O)N1C[C@H]2[C@H](CCN2Cc2ccccc2)[C@H]1C. The maximum Gasteiger partial charge on any atom is 0.410 e. The average molecular weight is 288 g/mol. The van der Waals surface area contributed by atoms with Crippen molar-refractivity contribution in [2.24, 2.45) is 5.92 Å². The van der Waals surface area contributed by atoms with Gasteiger partial charge in [0.1, 0.15) is 0 Å². The zero-order valence-electron chi connectivity index (χ0n) is 12.9. The number of fused-ring (bicyclic) bond motifs is 1. The van der Waals surface area contributed by atoms with E-state index in [1.165, 1.54) is 12.0 Å². The highest BCUT2D eigenvalue weighted by atomic mass is 16.6. The minimum atomic E-state index is -0.154. The van der Waals surface area contributed by atoms with Crippen LogP contribution < -0.4 is 0 Å². The Labute approximate surface area is 126 Å². The van der Waals surface area contributed by atoms with E-state index in [9.17, 15) is 4.79 Å². The molecule has 1 amide bonds. The Morgan fingerprint density at radius 3 is 2.81 bits per heavy atom. The summed E-state index contributed by atoms with van der Waals surface area (Å²) in [4.78, 5) is 16.5. The maximum absolute atomic E-state index is 12.0. The van der Waals surface area contributed by atoms with Crippen molar-refractivity contribution >= 4 is 6.09 Å². The molecule has 1 aromatic rings. The maximum atomic E-state index is 12.0. The number of carbonyl (C=O) groups excluding carboxylic acids is 1. The number of benzene rings is 1. The summed E-state index contributed by atoms with van der Waals surface area (Å²) in [6, 6.07) is 11.3. The summed E-state index contributed by atoms with van der Waals surface area (Å²) in [5, 5.41) is 0. The van der Waals surface area contributed by atoms with Gasteiger partial charge in [0.15, 0.2) is 0 Å². The number of ether oxygens (including phenoxy) is 1. The van der Waals surface area contributed by atoms with E-state index in [1.54, 1.807) is 0 Å². The van der Waals surface area contributed by atoms with Crippen LogP contribution in [0.5, 0.6) is 0 Å². The molecule has 3 rings (SSSR count). The molecule has 0 aromatic heterocycles. The second kappa shape index (κ2) is 6.06. The van der Waals surface area contributed by atoms with Crippen LogP contribution in [0.25, 0.3) is 0 Å². The Kier molecular flexibility index (Phi) is 4.15. The lowest BCUT2D eigenvalue weighted by Crippen LogP contribution is -2.38. The molecule has 114 valence electrons. The molecule has 2 aliphatic heterocycles. The Balaban J connectivity index is 1.67. The molecule has 21 heavy (non-hydrogen) atoms. The van der Waals surface area contributed by atoms with Crippen LogP contribution in [-0.2, 0) is 11.3 Å². The molecule has 0 bridgehead atoms. The summed E-state index contributed by atoms with van der Waals surface area (Å²) in [6.07, 6.45) is 1.02. The first-order valence-corrected chi connectivity index (χ1v) is 7.92. The Bertz CT molecular complexity index is 491. The lowest BCUT2D eigenvalue weighted by molar-refractivity contribution is 0.0982. The molecular formula is C17H24N2O2. The molecule has 0 N–H and O–H groups in total. The minimum Gasteiger partial charge on any atom is -0.450 e. The lowest BCUT2D eigenvalue weighted by atomic mass is 9.98. The molecule has 0 spiro atoms. The van der Waals surface area contributed by atoms with Crippen molar-refractivity contribution in [2.75, 3.05) is 19.7 Å². The van der Waals surface area contributed by atoms with E-state index in [2.05, 4.69) is 42.2 Å². The molecule has 1 aromatic carbocycles. The van der Waals surface area contributed by atoms with Crippen LogP contribution in [-0.4, -0.2) is 47.7 Å². The Morgan fingerprint density at radius 1 is 1.33 bits per heavy atom. The largest absolute Gasteiger partial charge is 0.450 e. The Hall–Kier alpha value is -1.55. The monoisotopic (exact) mass is 288 g/mol. The molecule has 3 atom stereocenters. The van der Waals surface area contributed by atoms with Gasteiger partial charge in [-0.1, -0.05) is 30.3 Å². The molecule has 2 fully saturated rings. The number of rotatable bonds is 3. The number of carbonyl (C=O) groups is 1. The fourth-order valence-corrected chi connectivity index (χ4v) is 3.82. The number of hydrogen-bond donors (Lipinski definition) is 0. The fraction of sp³-hybridized carbons (Fsp3) is 0.588. The summed E-state index contributed by atoms with van der Waals surface area (Å²) in [7, 11) is 0.